The van der Waals surface area contributed by atoms with Gasteiger partial charge in [-0.2, -0.15) is 8.78 Å². The normalized spacial score (nSPS) is 11.5. The third-order valence-corrected chi connectivity index (χ3v) is 1.61. The van der Waals surface area contributed by atoms with E-state index in [-0.39, 0.29) is 10.9 Å². The molecule has 0 aromatic carbocycles. The third kappa shape index (κ3) is 3.44. The second-order valence-corrected chi connectivity index (χ2v) is 3.57. The van der Waals surface area contributed by atoms with Crippen LogP contribution in [0.15, 0.2) is 12.1 Å². The van der Waals surface area contributed by atoms with E-state index in [1.54, 1.807) is 6.92 Å². The quantitative estimate of drug-likeness (QED) is 0.608. The molecule has 1 rings (SSSR count). The SMILES string of the molecule is Cc1ccc(OC(F)(F)Br)c(Cl)n1. The van der Waals surface area contributed by atoms with Crippen LogP contribution < -0.4 is 4.74 Å². The Morgan fingerprint density at radius 3 is 2.62 bits per heavy atom. The van der Waals surface area contributed by atoms with Crippen molar-refractivity contribution >= 4 is 27.5 Å². The van der Waals surface area contributed by atoms with Crippen LogP contribution in [0.1, 0.15) is 5.69 Å². The lowest BCUT2D eigenvalue weighted by Crippen LogP contribution is -2.15. The summed E-state index contributed by atoms with van der Waals surface area (Å²) in [7, 11) is 0. The minimum Gasteiger partial charge on any atom is -0.421 e. The van der Waals surface area contributed by atoms with Gasteiger partial charge in [-0.15, -0.1) is 0 Å². The highest BCUT2D eigenvalue weighted by molar-refractivity contribution is 9.09. The van der Waals surface area contributed by atoms with E-state index in [2.05, 4.69) is 9.72 Å². The van der Waals surface area contributed by atoms with Crippen LogP contribution in [-0.4, -0.2) is 10.0 Å². The highest BCUT2D eigenvalue weighted by atomic mass is 79.9. The molecule has 0 fully saturated rings. The summed E-state index contributed by atoms with van der Waals surface area (Å²) in [5.41, 5.74) is 0.634. The Morgan fingerprint density at radius 1 is 1.54 bits per heavy atom. The molecule has 13 heavy (non-hydrogen) atoms. The highest BCUT2D eigenvalue weighted by Crippen LogP contribution is 2.30. The fourth-order valence-electron chi connectivity index (χ4n) is 0.713. The number of ether oxygens (including phenoxy) is 1. The Hall–Kier alpha value is -0.420. The number of aromatic nitrogens is 1. The van der Waals surface area contributed by atoms with Crippen molar-refractivity contribution in [3.8, 4) is 5.75 Å². The second kappa shape index (κ2) is 3.75. The number of pyridine rings is 1. The molecule has 1 aromatic heterocycles. The zero-order valence-electron chi connectivity index (χ0n) is 6.52. The molecule has 0 bridgehead atoms. The summed E-state index contributed by atoms with van der Waals surface area (Å²) in [5, 5.41) is -3.51. The van der Waals surface area contributed by atoms with Gasteiger partial charge in [0.25, 0.3) is 0 Å². The fourth-order valence-corrected chi connectivity index (χ4v) is 1.12. The lowest BCUT2D eigenvalue weighted by Gasteiger charge is -2.11. The molecule has 0 spiro atoms. The van der Waals surface area contributed by atoms with Crippen LogP contribution in [0, 0.1) is 6.92 Å². The maximum Gasteiger partial charge on any atom is 0.459 e. The van der Waals surface area contributed by atoms with Crippen LogP contribution in [0.4, 0.5) is 8.78 Å². The van der Waals surface area contributed by atoms with E-state index in [0.29, 0.717) is 5.69 Å². The number of rotatable bonds is 2. The zero-order valence-corrected chi connectivity index (χ0v) is 8.86. The molecule has 72 valence electrons. The molecule has 0 aliphatic carbocycles. The van der Waals surface area contributed by atoms with Crippen molar-refractivity contribution in [1.82, 2.24) is 4.98 Å². The van der Waals surface area contributed by atoms with Crippen molar-refractivity contribution in [2.45, 2.75) is 11.9 Å². The van der Waals surface area contributed by atoms with E-state index in [1.807, 2.05) is 15.9 Å². The van der Waals surface area contributed by atoms with Gasteiger partial charge in [0.2, 0.25) is 0 Å². The molecule has 0 radical (unpaired) electrons. The molecular weight excluding hydrogens is 267 g/mol. The summed E-state index contributed by atoms with van der Waals surface area (Å²) in [6.07, 6.45) is 0. The lowest BCUT2D eigenvalue weighted by molar-refractivity contribution is -0.0804. The van der Waals surface area contributed by atoms with E-state index >= 15 is 0 Å². The van der Waals surface area contributed by atoms with Crippen molar-refractivity contribution in [3.63, 3.8) is 0 Å². The summed E-state index contributed by atoms with van der Waals surface area (Å²) in [4.78, 5) is 3.74. The summed E-state index contributed by atoms with van der Waals surface area (Å²) in [6, 6.07) is 2.86. The zero-order chi connectivity index (χ0) is 10.1. The Kier molecular flexibility index (Phi) is 3.08. The topological polar surface area (TPSA) is 22.1 Å². The molecule has 0 atom stereocenters. The second-order valence-electron chi connectivity index (χ2n) is 2.29. The molecule has 0 amide bonds. The van der Waals surface area contributed by atoms with Crippen LogP contribution in [0.25, 0.3) is 0 Å². The van der Waals surface area contributed by atoms with E-state index < -0.39 is 5.02 Å². The summed E-state index contributed by atoms with van der Waals surface area (Å²) >= 11 is 7.57. The smallest absolute Gasteiger partial charge is 0.421 e. The number of hydrogen-bond donors (Lipinski definition) is 0. The molecule has 1 aromatic rings. The van der Waals surface area contributed by atoms with E-state index in [1.165, 1.54) is 12.1 Å². The fraction of sp³-hybridized carbons (Fsp3) is 0.286. The Bertz CT molecular complexity index is 316. The van der Waals surface area contributed by atoms with Crippen molar-refractivity contribution in [2.75, 3.05) is 0 Å². The minimum atomic E-state index is -3.42. The maximum atomic E-state index is 12.3. The first-order valence-electron chi connectivity index (χ1n) is 3.27. The Morgan fingerprint density at radius 2 is 2.15 bits per heavy atom. The molecule has 0 unspecified atom stereocenters. The van der Waals surface area contributed by atoms with Gasteiger partial charge >= 0.3 is 5.02 Å². The highest BCUT2D eigenvalue weighted by Gasteiger charge is 2.27. The van der Waals surface area contributed by atoms with Crippen molar-refractivity contribution < 1.29 is 13.5 Å². The lowest BCUT2D eigenvalue weighted by atomic mass is 10.4. The molecule has 2 nitrogen and oxygen atoms in total. The van der Waals surface area contributed by atoms with Crippen molar-refractivity contribution in [2.24, 2.45) is 0 Å². The molecule has 0 aliphatic rings. The molecule has 1 heterocycles. The number of alkyl halides is 3. The number of nitrogens with zero attached hydrogens (tertiary/aromatic N) is 1. The van der Waals surface area contributed by atoms with Gasteiger partial charge in [-0.3, -0.25) is 0 Å². The van der Waals surface area contributed by atoms with Gasteiger partial charge in [0.15, 0.2) is 10.9 Å². The summed E-state index contributed by atoms with van der Waals surface area (Å²) < 4.78 is 28.8. The maximum absolute atomic E-state index is 12.3. The summed E-state index contributed by atoms with van der Waals surface area (Å²) in [5.74, 6) is -0.158. The van der Waals surface area contributed by atoms with Gasteiger partial charge in [-0.25, -0.2) is 4.98 Å². The van der Waals surface area contributed by atoms with E-state index in [4.69, 9.17) is 11.6 Å². The van der Waals surface area contributed by atoms with Gasteiger partial charge in [-0.1, -0.05) is 11.6 Å². The largest absolute Gasteiger partial charge is 0.459 e. The van der Waals surface area contributed by atoms with Gasteiger partial charge in [0, 0.05) is 21.6 Å². The predicted molar refractivity (Wildman–Crippen MR) is 48.5 cm³/mol. The monoisotopic (exact) mass is 271 g/mol. The molecule has 0 aliphatic heterocycles. The van der Waals surface area contributed by atoms with Crippen LogP contribution in [0.5, 0.6) is 5.75 Å². The van der Waals surface area contributed by atoms with E-state index in [9.17, 15) is 8.78 Å². The number of halogens is 4. The summed E-state index contributed by atoms with van der Waals surface area (Å²) in [6.45, 7) is 1.70. The van der Waals surface area contributed by atoms with Crippen LogP contribution in [0.2, 0.25) is 5.15 Å². The molecule has 0 N–H and O–H groups in total. The molecular formula is C7H5BrClF2NO. The number of hydrogen-bond acceptors (Lipinski definition) is 2. The molecule has 0 saturated heterocycles. The molecule has 0 saturated carbocycles. The van der Waals surface area contributed by atoms with Crippen molar-refractivity contribution in [1.29, 1.82) is 0 Å². The van der Waals surface area contributed by atoms with Crippen LogP contribution in [0.3, 0.4) is 0 Å². The van der Waals surface area contributed by atoms with E-state index in [0.717, 1.165) is 0 Å². The first-order chi connectivity index (χ1) is 5.88. The Balaban J connectivity index is 2.90. The van der Waals surface area contributed by atoms with Gasteiger partial charge < -0.3 is 4.74 Å². The van der Waals surface area contributed by atoms with Crippen LogP contribution in [-0.2, 0) is 0 Å². The first-order valence-corrected chi connectivity index (χ1v) is 4.44. The average molecular weight is 272 g/mol. The number of aryl methyl sites for hydroxylation is 1. The van der Waals surface area contributed by atoms with Gasteiger partial charge in [-0.05, 0) is 19.1 Å². The molecule has 6 heteroatoms. The predicted octanol–water partition coefficient (Wildman–Crippen LogP) is 3.37. The first kappa shape index (κ1) is 10.7. The van der Waals surface area contributed by atoms with Gasteiger partial charge in [0.1, 0.15) is 0 Å². The standard InChI is InChI=1S/C7H5BrClF2NO/c1-4-2-3-5(6(9)12-4)13-7(8,10)11/h2-3H,1H3. The van der Waals surface area contributed by atoms with Crippen molar-refractivity contribution in [3.05, 3.63) is 23.0 Å². The van der Waals surface area contributed by atoms with Crippen LogP contribution >= 0.6 is 27.5 Å². The van der Waals surface area contributed by atoms with Gasteiger partial charge in [0.05, 0.1) is 0 Å². The third-order valence-electron chi connectivity index (χ3n) is 1.18. The minimum absolute atomic E-state index is 0.0841. The Labute approximate surface area is 87.0 Å². The average Bonchev–Trinajstić information content (AvgIpc) is 1.93.